The van der Waals surface area contributed by atoms with E-state index in [1.807, 2.05) is 38.1 Å². The minimum absolute atomic E-state index is 0. The van der Waals surface area contributed by atoms with E-state index in [0.29, 0.717) is 18.4 Å². The molecule has 5 nitrogen and oxygen atoms in total. The maximum absolute atomic E-state index is 11.6. The molecule has 1 aromatic rings. The summed E-state index contributed by atoms with van der Waals surface area (Å²) in [6.45, 7) is 9.30. The molecule has 6 heteroatoms. The smallest absolute Gasteiger partial charge is 0.226 e. The van der Waals surface area contributed by atoms with Crippen LogP contribution in [-0.4, -0.2) is 18.4 Å². The van der Waals surface area contributed by atoms with Crippen molar-refractivity contribution in [2.45, 2.75) is 34.2 Å². The number of carbonyl (C=O) groups excluding carboxylic acids is 1. The molecule has 0 heterocycles. The third-order valence-electron chi connectivity index (χ3n) is 2.87. The van der Waals surface area contributed by atoms with Crippen LogP contribution in [0.2, 0.25) is 0 Å². The van der Waals surface area contributed by atoms with E-state index in [2.05, 4.69) is 29.5 Å². The number of carbonyl (C=O) groups is 1. The molecule has 1 amide bonds. The predicted molar refractivity (Wildman–Crippen MR) is 103 cm³/mol. The Kier molecular flexibility index (Phi) is 9.80. The highest BCUT2D eigenvalue weighted by atomic mass is 127. The van der Waals surface area contributed by atoms with Crippen LogP contribution in [0.1, 0.15) is 33.3 Å². The predicted octanol–water partition coefficient (Wildman–Crippen LogP) is 2.96. The molecule has 0 aliphatic rings. The standard InChI is InChI=1S/C16H26N4O.HI/c1-11(2)9-18-16(17)19-10-13-5-7-14(8-6-13)20-15(21)12(3)4;/h5-8,11-12H,9-10H2,1-4H3,(H,20,21)(H3,17,18,19);1H. The topological polar surface area (TPSA) is 79.5 Å². The van der Waals surface area contributed by atoms with Crippen LogP contribution in [0.4, 0.5) is 5.69 Å². The van der Waals surface area contributed by atoms with E-state index in [0.717, 1.165) is 17.8 Å². The van der Waals surface area contributed by atoms with E-state index >= 15 is 0 Å². The van der Waals surface area contributed by atoms with Gasteiger partial charge in [0.05, 0.1) is 6.54 Å². The van der Waals surface area contributed by atoms with Gasteiger partial charge in [-0.3, -0.25) is 4.79 Å². The molecule has 22 heavy (non-hydrogen) atoms. The molecule has 0 aliphatic carbocycles. The largest absolute Gasteiger partial charge is 0.370 e. The van der Waals surface area contributed by atoms with Gasteiger partial charge in [0, 0.05) is 18.2 Å². The molecule has 0 saturated heterocycles. The highest BCUT2D eigenvalue weighted by Gasteiger charge is 2.06. The van der Waals surface area contributed by atoms with Crippen LogP contribution >= 0.6 is 24.0 Å². The summed E-state index contributed by atoms with van der Waals surface area (Å²) in [5, 5.41) is 5.93. The van der Waals surface area contributed by atoms with Gasteiger partial charge in [-0.2, -0.15) is 0 Å². The zero-order chi connectivity index (χ0) is 15.8. The van der Waals surface area contributed by atoms with Crippen molar-refractivity contribution in [3.8, 4) is 0 Å². The monoisotopic (exact) mass is 418 g/mol. The molecular weight excluding hydrogens is 391 g/mol. The van der Waals surface area contributed by atoms with Gasteiger partial charge in [-0.1, -0.05) is 39.8 Å². The second-order valence-corrected chi connectivity index (χ2v) is 5.82. The van der Waals surface area contributed by atoms with E-state index in [-0.39, 0.29) is 35.8 Å². The lowest BCUT2D eigenvalue weighted by atomic mass is 10.2. The summed E-state index contributed by atoms with van der Waals surface area (Å²) >= 11 is 0. The van der Waals surface area contributed by atoms with Gasteiger partial charge in [-0.15, -0.1) is 24.0 Å². The zero-order valence-corrected chi connectivity index (χ0v) is 16.0. The molecule has 1 aromatic carbocycles. The number of benzene rings is 1. The normalized spacial score (nSPS) is 11.3. The molecule has 0 aliphatic heterocycles. The van der Waals surface area contributed by atoms with Crippen LogP contribution in [-0.2, 0) is 11.3 Å². The summed E-state index contributed by atoms with van der Waals surface area (Å²) in [5.74, 6) is 0.979. The maximum Gasteiger partial charge on any atom is 0.226 e. The molecular formula is C16H27IN4O. The highest BCUT2D eigenvalue weighted by molar-refractivity contribution is 14.0. The Balaban J connectivity index is 0.00000441. The van der Waals surface area contributed by atoms with Gasteiger partial charge in [-0.25, -0.2) is 4.99 Å². The van der Waals surface area contributed by atoms with Crippen molar-refractivity contribution < 1.29 is 4.79 Å². The van der Waals surface area contributed by atoms with Gasteiger partial charge in [-0.05, 0) is 23.6 Å². The van der Waals surface area contributed by atoms with Crippen LogP contribution in [0, 0.1) is 11.8 Å². The quantitative estimate of drug-likeness (QED) is 0.378. The van der Waals surface area contributed by atoms with Crippen LogP contribution in [0.15, 0.2) is 29.3 Å². The van der Waals surface area contributed by atoms with Crippen LogP contribution in [0.25, 0.3) is 0 Å². The molecule has 0 bridgehead atoms. The number of nitrogens with zero attached hydrogens (tertiary/aromatic N) is 1. The Hall–Kier alpha value is -1.31. The summed E-state index contributed by atoms with van der Waals surface area (Å²) in [7, 11) is 0. The van der Waals surface area contributed by atoms with Gasteiger partial charge in [0.25, 0.3) is 0 Å². The number of guanidine groups is 1. The Bertz CT molecular complexity index is 483. The number of hydrogen-bond donors (Lipinski definition) is 3. The molecule has 124 valence electrons. The first kappa shape index (κ1) is 20.7. The third-order valence-corrected chi connectivity index (χ3v) is 2.87. The van der Waals surface area contributed by atoms with E-state index in [4.69, 9.17) is 5.73 Å². The van der Waals surface area contributed by atoms with Gasteiger partial charge in [0.2, 0.25) is 5.91 Å². The molecule has 0 fully saturated rings. The van der Waals surface area contributed by atoms with Crippen LogP contribution < -0.4 is 16.4 Å². The van der Waals surface area contributed by atoms with Crippen molar-refractivity contribution in [3.63, 3.8) is 0 Å². The van der Waals surface area contributed by atoms with Crippen molar-refractivity contribution >= 4 is 41.5 Å². The lowest BCUT2D eigenvalue weighted by Crippen LogP contribution is -2.34. The molecule has 0 spiro atoms. The molecule has 0 aromatic heterocycles. The molecule has 1 rings (SSSR count). The highest BCUT2D eigenvalue weighted by Crippen LogP contribution is 2.11. The lowest BCUT2D eigenvalue weighted by molar-refractivity contribution is -0.118. The van der Waals surface area contributed by atoms with Gasteiger partial charge in [0.15, 0.2) is 5.96 Å². The molecule has 4 N–H and O–H groups in total. The third kappa shape index (κ3) is 8.21. The molecule has 0 radical (unpaired) electrons. The first-order valence-corrected chi connectivity index (χ1v) is 7.32. The maximum atomic E-state index is 11.6. The Morgan fingerprint density at radius 3 is 2.27 bits per heavy atom. The van der Waals surface area contributed by atoms with Crippen LogP contribution in [0.5, 0.6) is 0 Å². The van der Waals surface area contributed by atoms with Crippen molar-refractivity contribution in [2.24, 2.45) is 22.6 Å². The second-order valence-electron chi connectivity index (χ2n) is 5.82. The van der Waals surface area contributed by atoms with Crippen molar-refractivity contribution in [3.05, 3.63) is 29.8 Å². The number of aliphatic imine (C=N–C) groups is 1. The fraction of sp³-hybridized carbons (Fsp3) is 0.500. The minimum Gasteiger partial charge on any atom is -0.370 e. The summed E-state index contributed by atoms with van der Waals surface area (Å²) in [6, 6.07) is 7.63. The number of halogens is 1. The fourth-order valence-corrected chi connectivity index (χ4v) is 1.52. The Morgan fingerprint density at radius 1 is 1.18 bits per heavy atom. The summed E-state index contributed by atoms with van der Waals surface area (Å²) in [6.07, 6.45) is 0. The van der Waals surface area contributed by atoms with Crippen molar-refractivity contribution in [2.75, 3.05) is 11.9 Å². The van der Waals surface area contributed by atoms with Gasteiger partial charge < -0.3 is 16.4 Å². The summed E-state index contributed by atoms with van der Waals surface area (Å²) in [5.41, 5.74) is 7.63. The van der Waals surface area contributed by atoms with Gasteiger partial charge in [0.1, 0.15) is 0 Å². The molecule has 0 atom stereocenters. The number of nitrogens with one attached hydrogen (secondary N) is 2. The van der Waals surface area contributed by atoms with Gasteiger partial charge >= 0.3 is 0 Å². The summed E-state index contributed by atoms with van der Waals surface area (Å²) < 4.78 is 0. The van der Waals surface area contributed by atoms with E-state index in [1.165, 1.54) is 0 Å². The average Bonchev–Trinajstić information content (AvgIpc) is 2.44. The Labute approximate surface area is 150 Å². The summed E-state index contributed by atoms with van der Waals surface area (Å²) in [4.78, 5) is 15.9. The number of amides is 1. The zero-order valence-electron chi connectivity index (χ0n) is 13.7. The van der Waals surface area contributed by atoms with E-state index in [9.17, 15) is 4.79 Å². The fourth-order valence-electron chi connectivity index (χ4n) is 1.52. The van der Waals surface area contributed by atoms with Crippen LogP contribution in [0.3, 0.4) is 0 Å². The number of anilines is 1. The van der Waals surface area contributed by atoms with E-state index < -0.39 is 0 Å². The lowest BCUT2D eigenvalue weighted by Gasteiger charge is -2.09. The first-order valence-electron chi connectivity index (χ1n) is 7.32. The number of nitrogens with two attached hydrogens (primary N) is 1. The van der Waals surface area contributed by atoms with Crippen molar-refractivity contribution in [1.29, 1.82) is 0 Å². The average molecular weight is 418 g/mol. The number of rotatable bonds is 6. The Morgan fingerprint density at radius 2 is 1.77 bits per heavy atom. The second kappa shape index (κ2) is 10.4. The number of hydrogen-bond acceptors (Lipinski definition) is 2. The first-order chi connectivity index (χ1) is 9.88. The minimum atomic E-state index is -0.0268. The SMILES string of the molecule is CC(C)CNC(N)=NCc1ccc(NC(=O)C(C)C)cc1.I. The molecule has 0 unspecified atom stereocenters. The van der Waals surface area contributed by atoms with Crippen molar-refractivity contribution in [1.82, 2.24) is 5.32 Å². The van der Waals surface area contributed by atoms with E-state index in [1.54, 1.807) is 0 Å². The molecule has 0 saturated carbocycles.